The van der Waals surface area contributed by atoms with E-state index in [-0.39, 0.29) is 5.56 Å². The SMILES string of the molecule is CCn1c(Nc2cnn(Cc3ccccc3)c2)nc2sc3c(c2c1=O)CCCC3. The minimum Gasteiger partial charge on any atom is -0.323 e. The number of rotatable bonds is 5. The first-order chi connectivity index (χ1) is 14.2. The van der Waals surface area contributed by atoms with Crippen molar-refractivity contribution in [2.24, 2.45) is 0 Å². The van der Waals surface area contributed by atoms with Crippen LogP contribution in [-0.2, 0) is 25.9 Å². The molecule has 0 radical (unpaired) electrons. The average molecular weight is 406 g/mol. The Balaban J connectivity index is 1.48. The molecule has 1 aliphatic rings. The van der Waals surface area contributed by atoms with Gasteiger partial charge in [-0.15, -0.1) is 11.3 Å². The standard InChI is InChI=1S/C22H23N5OS/c1-2-27-21(28)19-17-10-6-7-11-18(17)29-20(19)25-22(27)24-16-12-23-26(14-16)13-15-8-4-3-5-9-15/h3-5,8-9,12,14H,2,6-7,10-11,13H2,1H3,(H,24,25). The van der Waals surface area contributed by atoms with E-state index in [9.17, 15) is 4.79 Å². The van der Waals surface area contributed by atoms with Gasteiger partial charge in [0.25, 0.3) is 5.56 Å². The van der Waals surface area contributed by atoms with E-state index in [1.165, 1.54) is 22.4 Å². The second-order valence-corrected chi connectivity index (χ2v) is 8.50. The Labute approximate surface area is 172 Å². The van der Waals surface area contributed by atoms with Gasteiger partial charge in [0.05, 0.1) is 23.8 Å². The third kappa shape index (κ3) is 3.35. The van der Waals surface area contributed by atoms with Gasteiger partial charge in [0.15, 0.2) is 0 Å². The van der Waals surface area contributed by atoms with E-state index in [1.54, 1.807) is 22.1 Å². The van der Waals surface area contributed by atoms with E-state index in [4.69, 9.17) is 4.98 Å². The lowest BCUT2D eigenvalue weighted by Gasteiger charge is -2.12. The van der Waals surface area contributed by atoms with Crippen molar-refractivity contribution in [3.05, 3.63) is 69.1 Å². The Kier molecular flexibility index (Phi) is 4.67. The highest BCUT2D eigenvalue weighted by molar-refractivity contribution is 7.18. The molecule has 1 N–H and O–H groups in total. The third-order valence-corrected chi connectivity index (χ3v) is 6.65. The molecule has 7 heteroatoms. The molecule has 1 aromatic carbocycles. The van der Waals surface area contributed by atoms with Gasteiger partial charge in [0, 0.05) is 17.6 Å². The maximum absolute atomic E-state index is 13.2. The second kappa shape index (κ2) is 7.48. The van der Waals surface area contributed by atoms with Gasteiger partial charge in [-0.05, 0) is 43.7 Å². The molecule has 0 unspecified atom stereocenters. The Bertz CT molecular complexity index is 1220. The van der Waals surface area contributed by atoms with Crippen molar-refractivity contribution >= 4 is 33.2 Å². The van der Waals surface area contributed by atoms with Crippen molar-refractivity contribution in [2.75, 3.05) is 5.32 Å². The number of anilines is 2. The van der Waals surface area contributed by atoms with Crippen LogP contribution >= 0.6 is 11.3 Å². The molecule has 5 rings (SSSR count). The van der Waals surface area contributed by atoms with Crippen LogP contribution in [0.25, 0.3) is 10.2 Å². The van der Waals surface area contributed by atoms with E-state index in [1.807, 2.05) is 36.0 Å². The number of benzene rings is 1. The molecule has 0 aliphatic heterocycles. The summed E-state index contributed by atoms with van der Waals surface area (Å²) in [4.78, 5) is 20.2. The number of nitrogens with zero attached hydrogens (tertiary/aromatic N) is 4. The van der Waals surface area contributed by atoms with Gasteiger partial charge >= 0.3 is 0 Å². The summed E-state index contributed by atoms with van der Waals surface area (Å²) in [5.41, 5.74) is 3.32. The molecule has 3 heterocycles. The van der Waals surface area contributed by atoms with Crippen LogP contribution in [0.3, 0.4) is 0 Å². The Hall–Kier alpha value is -2.93. The molecule has 1 aliphatic carbocycles. The molecule has 0 spiro atoms. The zero-order valence-corrected chi connectivity index (χ0v) is 17.2. The van der Waals surface area contributed by atoms with Crippen molar-refractivity contribution in [3.8, 4) is 0 Å². The third-order valence-electron chi connectivity index (χ3n) is 5.47. The van der Waals surface area contributed by atoms with Gasteiger partial charge in [-0.2, -0.15) is 5.10 Å². The fourth-order valence-corrected chi connectivity index (χ4v) is 5.29. The fourth-order valence-electron chi connectivity index (χ4n) is 4.04. The number of hydrogen-bond acceptors (Lipinski definition) is 5. The average Bonchev–Trinajstić information content (AvgIpc) is 3.33. The highest BCUT2D eigenvalue weighted by atomic mass is 32.1. The lowest BCUT2D eigenvalue weighted by molar-refractivity contribution is 0.687. The molecule has 148 valence electrons. The van der Waals surface area contributed by atoms with Crippen LogP contribution < -0.4 is 10.9 Å². The minimum atomic E-state index is 0.0658. The van der Waals surface area contributed by atoms with Gasteiger partial charge in [-0.1, -0.05) is 30.3 Å². The minimum absolute atomic E-state index is 0.0658. The maximum Gasteiger partial charge on any atom is 0.263 e. The fraction of sp³-hybridized carbons (Fsp3) is 0.318. The van der Waals surface area contributed by atoms with E-state index in [0.717, 1.165) is 35.2 Å². The number of aryl methyl sites for hydroxylation is 2. The van der Waals surface area contributed by atoms with Gasteiger partial charge < -0.3 is 5.32 Å². The van der Waals surface area contributed by atoms with E-state index >= 15 is 0 Å². The topological polar surface area (TPSA) is 64.7 Å². The molecule has 4 aromatic rings. The summed E-state index contributed by atoms with van der Waals surface area (Å²) in [6, 6.07) is 10.2. The zero-order valence-electron chi connectivity index (χ0n) is 16.4. The van der Waals surface area contributed by atoms with E-state index in [2.05, 4.69) is 22.5 Å². The lowest BCUT2D eigenvalue weighted by atomic mass is 9.97. The summed E-state index contributed by atoms with van der Waals surface area (Å²) in [6.07, 6.45) is 8.14. The molecule has 0 amide bonds. The number of hydrogen-bond donors (Lipinski definition) is 1. The Morgan fingerprint density at radius 1 is 1.17 bits per heavy atom. The molecule has 3 aromatic heterocycles. The van der Waals surface area contributed by atoms with Crippen LogP contribution in [0, 0.1) is 0 Å². The first-order valence-corrected chi connectivity index (χ1v) is 10.9. The first-order valence-electron chi connectivity index (χ1n) is 10.1. The molecule has 29 heavy (non-hydrogen) atoms. The highest BCUT2D eigenvalue weighted by Crippen LogP contribution is 2.34. The predicted molar refractivity (Wildman–Crippen MR) is 117 cm³/mol. The van der Waals surface area contributed by atoms with Crippen molar-refractivity contribution in [3.63, 3.8) is 0 Å². The molecule has 0 saturated heterocycles. The van der Waals surface area contributed by atoms with Crippen LogP contribution in [0.1, 0.15) is 35.8 Å². The van der Waals surface area contributed by atoms with Gasteiger partial charge in [0.2, 0.25) is 5.95 Å². The normalized spacial score (nSPS) is 13.6. The highest BCUT2D eigenvalue weighted by Gasteiger charge is 2.21. The van der Waals surface area contributed by atoms with Gasteiger partial charge in [0.1, 0.15) is 4.83 Å². The summed E-state index contributed by atoms with van der Waals surface area (Å²) in [5, 5.41) is 8.59. The maximum atomic E-state index is 13.2. The molecular weight excluding hydrogens is 382 g/mol. The smallest absolute Gasteiger partial charge is 0.263 e. The summed E-state index contributed by atoms with van der Waals surface area (Å²) in [6.45, 7) is 3.26. The van der Waals surface area contributed by atoms with Crippen LogP contribution in [0.4, 0.5) is 11.6 Å². The number of aromatic nitrogens is 4. The van der Waals surface area contributed by atoms with Crippen LogP contribution in [0.2, 0.25) is 0 Å². The quantitative estimate of drug-likeness (QED) is 0.536. The largest absolute Gasteiger partial charge is 0.323 e. The van der Waals surface area contributed by atoms with Crippen molar-refractivity contribution in [1.82, 2.24) is 19.3 Å². The van der Waals surface area contributed by atoms with Gasteiger partial charge in [-0.25, -0.2) is 4.98 Å². The van der Waals surface area contributed by atoms with Crippen LogP contribution in [0.15, 0.2) is 47.5 Å². The molecule has 6 nitrogen and oxygen atoms in total. The van der Waals surface area contributed by atoms with Crippen LogP contribution in [0.5, 0.6) is 0 Å². The second-order valence-electron chi connectivity index (χ2n) is 7.41. The van der Waals surface area contributed by atoms with Crippen molar-refractivity contribution in [2.45, 2.75) is 45.7 Å². The molecule has 0 saturated carbocycles. The molecular formula is C22H23N5OS. The molecule has 0 atom stereocenters. The Morgan fingerprint density at radius 3 is 2.83 bits per heavy atom. The summed E-state index contributed by atoms with van der Waals surface area (Å²) >= 11 is 1.68. The van der Waals surface area contributed by atoms with Crippen molar-refractivity contribution < 1.29 is 0 Å². The first kappa shape index (κ1) is 18.1. The predicted octanol–water partition coefficient (Wildman–Crippen LogP) is 4.35. The Morgan fingerprint density at radius 2 is 2.00 bits per heavy atom. The number of fused-ring (bicyclic) bond motifs is 3. The lowest BCUT2D eigenvalue weighted by Crippen LogP contribution is -2.23. The number of thiophene rings is 1. The zero-order chi connectivity index (χ0) is 19.8. The molecule has 0 fully saturated rings. The monoisotopic (exact) mass is 405 g/mol. The summed E-state index contributed by atoms with van der Waals surface area (Å²) in [7, 11) is 0. The summed E-state index contributed by atoms with van der Waals surface area (Å²) in [5.74, 6) is 0.586. The number of nitrogens with one attached hydrogen (secondary N) is 1. The van der Waals surface area contributed by atoms with Crippen molar-refractivity contribution in [1.29, 1.82) is 0 Å². The van der Waals surface area contributed by atoms with Crippen LogP contribution in [-0.4, -0.2) is 19.3 Å². The van der Waals surface area contributed by atoms with E-state index in [0.29, 0.717) is 19.0 Å². The summed E-state index contributed by atoms with van der Waals surface area (Å²) < 4.78 is 3.62. The molecule has 0 bridgehead atoms. The van der Waals surface area contributed by atoms with E-state index < -0.39 is 0 Å². The van der Waals surface area contributed by atoms with Gasteiger partial charge in [-0.3, -0.25) is 14.0 Å².